The standard InChI is InChI=1S/C23H21NO5/c1-15-21(23(26)29-14-16-7-5-4-6-8-16)19(13-20(24-15)22(25)28-3)17-9-11-18(27-2)12-10-17/h4-13H,14H2,1-3H3. The fourth-order valence-electron chi connectivity index (χ4n) is 2.93. The van der Waals surface area contributed by atoms with E-state index in [1.165, 1.54) is 7.11 Å². The normalized spacial score (nSPS) is 10.3. The summed E-state index contributed by atoms with van der Waals surface area (Å²) in [5.74, 6) is -0.408. The molecule has 1 heterocycles. The molecule has 0 radical (unpaired) electrons. The Morgan fingerprint density at radius 3 is 2.24 bits per heavy atom. The molecule has 0 saturated heterocycles. The molecule has 6 nitrogen and oxygen atoms in total. The van der Waals surface area contributed by atoms with Gasteiger partial charge in [0.15, 0.2) is 0 Å². The van der Waals surface area contributed by atoms with E-state index < -0.39 is 11.9 Å². The molecule has 0 atom stereocenters. The van der Waals surface area contributed by atoms with Crippen LogP contribution in [0.2, 0.25) is 0 Å². The molecule has 6 heteroatoms. The minimum absolute atomic E-state index is 0.121. The van der Waals surface area contributed by atoms with Crippen molar-refractivity contribution in [2.24, 2.45) is 0 Å². The summed E-state index contributed by atoms with van der Waals surface area (Å²) in [4.78, 5) is 29.2. The van der Waals surface area contributed by atoms with Crippen LogP contribution in [0, 0.1) is 6.92 Å². The van der Waals surface area contributed by atoms with Crippen molar-refractivity contribution >= 4 is 11.9 Å². The van der Waals surface area contributed by atoms with Crippen molar-refractivity contribution in [1.29, 1.82) is 0 Å². The molecule has 0 fully saturated rings. The molecular formula is C23H21NO5. The van der Waals surface area contributed by atoms with Crippen molar-refractivity contribution in [1.82, 2.24) is 4.98 Å². The number of hydrogen-bond donors (Lipinski definition) is 0. The molecule has 0 N–H and O–H groups in total. The summed E-state index contributed by atoms with van der Waals surface area (Å²) in [6, 6.07) is 18.1. The van der Waals surface area contributed by atoms with Gasteiger partial charge < -0.3 is 14.2 Å². The summed E-state index contributed by atoms with van der Waals surface area (Å²) in [5.41, 5.74) is 2.96. The van der Waals surface area contributed by atoms with E-state index in [4.69, 9.17) is 14.2 Å². The van der Waals surface area contributed by atoms with Gasteiger partial charge in [0.05, 0.1) is 25.5 Å². The highest BCUT2D eigenvalue weighted by Gasteiger charge is 2.22. The van der Waals surface area contributed by atoms with Crippen LogP contribution >= 0.6 is 0 Å². The van der Waals surface area contributed by atoms with Gasteiger partial charge in [-0.1, -0.05) is 42.5 Å². The third-order valence-corrected chi connectivity index (χ3v) is 4.41. The second-order valence-corrected chi connectivity index (χ2v) is 6.30. The maximum atomic E-state index is 12.9. The number of aryl methyl sites for hydroxylation is 1. The van der Waals surface area contributed by atoms with Crippen LogP contribution in [-0.4, -0.2) is 31.1 Å². The van der Waals surface area contributed by atoms with E-state index in [1.807, 2.05) is 42.5 Å². The topological polar surface area (TPSA) is 74.7 Å². The van der Waals surface area contributed by atoms with Crippen LogP contribution < -0.4 is 4.74 Å². The summed E-state index contributed by atoms with van der Waals surface area (Å²) in [6.45, 7) is 1.80. The molecule has 0 bridgehead atoms. The van der Waals surface area contributed by atoms with Crippen LogP contribution in [0.3, 0.4) is 0 Å². The lowest BCUT2D eigenvalue weighted by Crippen LogP contribution is -2.14. The second-order valence-electron chi connectivity index (χ2n) is 6.30. The van der Waals surface area contributed by atoms with Gasteiger partial charge in [-0.15, -0.1) is 0 Å². The van der Waals surface area contributed by atoms with Crippen molar-refractivity contribution in [3.63, 3.8) is 0 Å². The summed E-state index contributed by atoms with van der Waals surface area (Å²) in [6.07, 6.45) is 0. The van der Waals surface area contributed by atoms with Crippen LogP contribution in [0.15, 0.2) is 60.7 Å². The zero-order valence-electron chi connectivity index (χ0n) is 16.5. The molecule has 0 aliphatic carbocycles. The first-order valence-corrected chi connectivity index (χ1v) is 8.99. The molecule has 3 aromatic rings. The summed E-state index contributed by atoms with van der Waals surface area (Å²) >= 11 is 0. The van der Waals surface area contributed by atoms with Crippen LogP contribution in [0.4, 0.5) is 0 Å². The largest absolute Gasteiger partial charge is 0.497 e. The molecule has 2 aromatic carbocycles. The Morgan fingerprint density at radius 2 is 1.62 bits per heavy atom. The lowest BCUT2D eigenvalue weighted by Gasteiger charge is -2.14. The van der Waals surface area contributed by atoms with Crippen LogP contribution in [0.1, 0.15) is 32.1 Å². The van der Waals surface area contributed by atoms with Crippen molar-refractivity contribution in [2.45, 2.75) is 13.5 Å². The van der Waals surface area contributed by atoms with Crippen LogP contribution in [-0.2, 0) is 16.1 Å². The minimum atomic E-state index is -0.577. The third-order valence-electron chi connectivity index (χ3n) is 4.41. The van der Waals surface area contributed by atoms with Gasteiger partial charge >= 0.3 is 11.9 Å². The number of methoxy groups -OCH3 is 2. The number of benzene rings is 2. The SMILES string of the molecule is COC(=O)c1cc(-c2ccc(OC)cc2)c(C(=O)OCc2ccccc2)c(C)n1. The van der Waals surface area contributed by atoms with Gasteiger partial charge in [-0.05, 0) is 36.2 Å². The fraction of sp³-hybridized carbons (Fsp3) is 0.174. The number of carbonyl (C=O) groups is 2. The lowest BCUT2D eigenvalue weighted by atomic mass is 9.98. The molecule has 1 aromatic heterocycles. The van der Waals surface area contributed by atoms with Gasteiger partial charge in [0.2, 0.25) is 0 Å². The van der Waals surface area contributed by atoms with E-state index in [9.17, 15) is 9.59 Å². The van der Waals surface area contributed by atoms with Gasteiger partial charge in [0.25, 0.3) is 0 Å². The predicted molar refractivity (Wildman–Crippen MR) is 108 cm³/mol. The van der Waals surface area contributed by atoms with Gasteiger partial charge in [0, 0.05) is 5.56 Å². The minimum Gasteiger partial charge on any atom is -0.497 e. The second kappa shape index (κ2) is 9.01. The predicted octanol–water partition coefficient (Wildman–Crippen LogP) is 4.21. The van der Waals surface area contributed by atoms with Crippen molar-refractivity contribution < 1.29 is 23.8 Å². The molecule has 3 rings (SSSR count). The highest BCUT2D eigenvalue weighted by atomic mass is 16.5. The van der Waals surface area contributed by atoms with E-state index >= 15 is 0 Å². The van der Waals surface area contributed by atoms with E-state index in [1.54, 1.807) is 32.2 Å². The number of esters is 2. The summed E-state index contributed by atoms with van der Waals surface area (Å²) in [7, 11) is 2.86. The number of nitrogens with zero attached hydrogens (tertiary/aromatic N) is 1. The number of rotatable bonds is 6. The molecule has 0 aliphatic heterocycles. The van der Waals surface area contributed by atoms with Crippen molar-refractivity contribution in [3.05, 3.63) is 83.2 Å². The monoisotopic (exact) mass is 391 g/mol. The molecule has 0 saturated carbocycles. The summed E-state index contributed by atoms with van der Waals surface area (Å²) < 4.78 is 15.5. The van der Waals surface area contributed by atoms with Crippen molar-refractivity contribution in [2.75, 3.05) is 14.2 Å². The molecule has 0 spiro atoms. The maximum Gasteiger partial charge on any atom is 0.356 e. The average molecular weight is 391 g/mol. The number of ether oxygens (including phenoxy) is 3. The van der Waals surface area contributed by atoms with Crippen LogP contribution in [0.5, 0.6) is 5.75 Å². The third kappa shape index (κ3) is 4.60. The molecular weight excluding hydrogens is 370 g/mol. The van der Waals surface area contributed by atoms with Gasteiger partial charge in [-0.2, -0.15) is 0 Å². The Bertz CT molecular complexity index is 1010. The molecule has 0 aliphatic rings. The van der Waals surface area contributed by atoms with E-state index in [-0.39, 0.29) is 12.3 Å². The number of hydrogen-bond acceptors (Lipinski definition) is 6. The van der Waals surface area contributed by atoms with E-state index in [2.05, 4.69) is 4.98 Å². The van der Waals surface area contributed by atoms with E-state index in [0.29, 0.717) is 22.6 Å². The van der Waals surface area contributed by atoms with Gasteiger partial charge in [-0.3, -0.25) is 0 Å². The zero-order chi connectivity index (χ0) is 20.8. The molecule has 0 unspecified atom stereocenters. The fourth-order valence-corrected chi connectivity index (χ4v) is 2.93. The Balaban J connectivity index is 2.01. The number of pyridine rings is 1. The van der Waals surface area contributed by atoms with Crippen LogP contribution in [0.25, 0.3) is 11.1 Å². The Kier molecular flexibility index (Phi) is 6.24. The Morgan fingerprint density at radius 1 is 0.931 bits per heavy atom. The Hall–Kier alpha value is -3.67. The lowest BCUT2D eigenvalue weighted by molar-refractivity contribution is 0.0470. The average Bonchev–Trinajstić information content (AvgIpc) is 2.77. The highest BCUT2D eigenvalue weighted by Crippen LogP contribution is 2.29. The first kappa shape index (κ1) is 20.1. The van der Waals surface area contributed by atoms with Gasteiger partial charge in [0.1, 0.15) is 18.1 Å². The molecule has 0 amide bonds. The molecule has 29 heavy (non-hydrogen) atoms. The zero-order valence-corrected chi connectivity index (χ0v) is 16.5. The molecule has 148 valence electrons. The maximum absolute atomic E-state index is 12.9. The number of aromatic nitrogens is 1. The van der Waals surface area contributed by atoms with E-state index in [0.717, 1.165) is 11.1 Å². The van der Waals surface area contributed by atoms with Gasteiger partial charge in [-0.25, -0.2) is 14.6 Å². The quantitative estimate of drug-likeness (QED) is 0.586. The Labute approximate surface area is 169 Å². The number of carbonyl (C=O) groups excluding carboxylic acids is 2. The first-order valence-electron chi connectivity index (χ1n) is 8.99. The smallest absolute Gasteiger partial charge is 0.356 e. The summed E-state index contributed by atoms with van der Waals surface area (Å²) in [5, 5.41) is 0. The highest BCUT2D eigenvalue weighted by molar-refractivity contribution is 6.00. The van der Waals surface area contributed by atoms with Crippen molar-refractivity contribution in [3.8, 4) is 16.9 Å². The first-order chi connectivity index (χ1) is 14.0.